The number of hydrogen-bond donors (Lipinski definition) is 2. The molecule has 0 saturated carbocycles. The Balaban J connectivity index is 2.57. The summed E-state index contributed by atoms with van der Waals surface area (Å²) >= 11 is 0. The summed E-state index contributed by atoms with van der Waals surface area (Å²) in [5.41, 5.74) is 6.40. The lowest BCUT2D eigenvalue weighted by molar-refractivity contribution is 0.0285. The largest absolute Gasteiger partial charge is 0.385 e. The zero-order valence-electron chi connectivity index (χ0n) is 9.53. The van der Waals surface area contributed by atoms with Crippen molar-refractivity contribution in [2.75, 3.05) is 5.73 Å². The van der Waals surface area contributed by atoms with Gasteiger partial charge in [-0.1, -0.05) is 25.1 Å². The molecule has 1 aromatic carbocycles. The van der Waals surface area contributed by atoms with E-state index >= 15 is 0 Å². The van der Waals surface area contributed by atoms with Gasteiger partial charge in [-0.3, -0.25) is 0 Å². The summed E-state index contributed by atoms with van der Waals surface area (Å²) in [6, 6.07) is 5.51. The summed E-state index contributed by atoms with van der Waals surface area (Å²) in [6.07, 6.45) is 1.33. The SMILES string of the molecule is CCC(O)(CC)c1ccc2onc(N)c2c1. The molecular formula is C12H16N2O2. The molecule has 0 amide bonds. The summed E-state index contributed by atoms with van der Waals surface area (Å²) in [4.78, 5) is 0. The average molecular weight is 220 g/mol. The van der Waals surface area contributed by atoms with Gasteiger partial charge in [0.15, 0.2) is 11.4 Å². The first-order chi connectivity index (χ1) is 7.60. The Hall–Kier alpha value is -1.55. The van der Waals surface area contributed by atoms with Crippen LogP contribution in [0.15, 0.2) is 22.7 Å². The Labute approximate surface area is 94.0 Å². The Kier molecular flexibility index (Phi) is 2.59. The minimum atomic E-state index is -0.794. The van der Waals surface area contributed by atoms with Gasteiger partial charge < -0.3 is 15.4 Å². The number of benzene rings is 1. The van der Waals surface area contributed by atoms with Crippen LogP contribution in [0.3, 0.4) is 0 Å². The fourth-order valence-electron chi connectivity index (χ4n) is 1.90. The van der Waals surface area contributed by atoms with Crippen LogP contribution in [-0.2, 0) is 5.60 Å². The quantitative estimate of drug-likeness (QED) is 0.833. The Bertz CT molecular complexity index is 501. The molecule has 0 aliphatic carbocycles. The van der Waals surface area contributed by atoms with E-state index in [-0.39, 0.29) is 0 Å². The molecule has 0 spiro atoms. The van der Waals surface area contributed by atoms with E-state index in [1.165, 1.54) is 0 Å². The highest BCUT2D eigenvalue weighted by atomic mass is 16.5. The molecule has 0 bridgehead atoms. The Morgan fingerprint density at radius 2 is 2.06 bits per heavy atom. The van der Waals surface area contributed by atoms with Gasteiger partial charge in [0, 0.05) is 0 Å². The van der Waals surface area contributed by atoms with E-state index in [1.807, 2.05) is 26.0 Å². The molecular weight excluding hydrogens is 204 g/mol. The van der Waals surface area contributed by atoms with E-state index in [4.69, 9.17) is 10.3 Å². The highest BCUT2D eigenvalue weighted by molar-refractivity contribution is 5.87. The third kappa shape index (κ3) is 1.55. The third-order valence-electron chi connectivity index (χ3n) is 3.20. The van der Waals surface area contributed by atoms with Crippen molar-refractivity contribution in [3.05, 3.63) is 23.8 Å². The highest BCUT2D eigenvalue weighted by Crippen LogP contribution is 2.32. The van der Waals surface area contributed by atoms with Crippen molar-refractivity contribution in [2.24, 2.45) is 0 Å². The molecule has 0 aliphatic heterocycles. The van der Waals surface area contributed by atoms with Crippen molar-refractivity contribution in [1.82, 2.24) is 5.16 Å². The Morgan fingerprint density at radius 1 is 1.38 bits per heavy atom. The predicted molar refractivity (Wildman–Crippen MR) is 62.9 cm³/mol. The molecule has 2 rings (SSSR count). The van der Waals surface area contributed by atoms with E-state index in [2.05, 4.69) is 5.16 Å². The van der Waals surface area contributed by atoms with Crippen LogP contribution in [0.4, 0.5) is 5.82 Å². The van der Waals surface area contributed by atoms with Crippen LogP contribution >= 0.6 is 0 Å². The summed E-state index contributed by atoms with van der Waals surface area (Å²) in [7, 11) is 0. The molecule has 4 heteroatoms. The lowest BCUT2D eigenvalue weighted by Crippen LogP contribution is -2.23. The second-order valence-corrected chi connectivity index (χ2v) is 4.02. The molecule has 16 heavy (non-hydrogen) atoms. The summed E-state index contributed by atoms with van der Waals surface area (Å²) < 4.78 is 5.03. The minimum absolute atomic E-state index is 0.367. The van der Waals surface area contributed by atoms with Gasteiger partial charge in [0.2, 0.25) is 0 Å². The smallest absolute Gasteiger partial charge is 0.174 e. The molecule has 1 heterocycles. The number of aliphatic hydroxyl groups is 1. The fourth-order valence-corrected chi connectivity index (χ4v) is 1.90. The molecule has 0 saturated heterocycles. The molecule has 0 radical (unpaired) electrons. The number of hydrogen-bond acceptors (Lipinski definition) is 4. The molecule has 1 aromatic heterocycles. The van der Waals surface area contributed by atoms with Crippen molar-refractivity contribution >= 4 is 16.8 Å². The maximum Gasteiger partial charge on any atom is 0.174 e. The Morgan fingerprint density at radius 3 is 2.69 bits per heavy atom. The number of nitrogen functional groups attached to an aromatic ring is 1. The summed E-state index contributed by atoms with van der Waals surface area (Å²) in [6.45, 7) is 3.93. The van der Waals surface area contributed by atoms with Crippen LogP contribution < -0.4 is 5.73 Å². The normalized spacial score (nSPS) is 12.2. The molecule has 0 unspecified atom stereocenters. The monoisotopic (exact) mass is 220 g/mol. The van der Waals surface area contributed by atoms with Gasteiger partial charge in [-0.05, 0) is 30.5 Å². The van der Waals surface area contributed by atoms with Gasteiger partial charge in [0.05, 0.1) is 11.0 Å². The van der Waals surface area contributed by atoms with Gasteiger partial charge in [-0.15, -0.1) is 0 Å². The van der Waals surface area contributed by atoms with E-state index in [9.17, 15) is 5.11 Å². The number of fused-ring (bicyclic) bond motifs is 1. The van der Waals surface area contributed by atoms with Crippen LogP contribution in [0.25, 0.3) is 11.0 Å². The molecule has 2 aromatic rings. The van der Waals surface area contributed by atoms with Crippen LogP contribution in [0.5, 0.6) is 0 Å². The zero-order chi connectivity index (χ0) is 11.8. The van der Waals surface area contributed by atoms with Gasteiger partial charge in [-0.2, -0.15) is 0 Å². The number of nitrogens with zero attached hydrogens (tertiary/aromatic N) is 1. The predicted octanol–water partition coefficient (Wildman–Crippen LogP) is 2.42. The first-order valence-corrected chi connectivity index (χ1v) is 5.48. The van der Waals surface area contributed by atoms with Crippen LogP contribution in [0.2, 0.25) is 0 Å². The van der Waals surface area contributed by atoms with E-state index in [0.29, 0.717) is 24.2 Å². The van der Waals surface area contributed by atoms with Crippen LogP contribution in [0, 0.1) is 0 Å². The van der Waals surface area contributed by atoms with Crippen molar-refractivity contribution in [3.8, 4) is 0 Å². The lowest BCUT2D eigenvalue weighted by Gasteiger charge is -2.25. The van der Waals surface area contributed by atoms with Gasteiger partial charge in [0.25, 0.3) is 0 Å². The maximum atomic E-state index is 10.4. The number of nitrogens with two attached hydrogens (primary N) is 1. The molecule has 4 nitrogen and oxygen atoms in total. The highest BCUT2D eigenvalue weighted by Gasteiger charge is 2.25. The second kappa shape index (κ2) is 3.79. The number of anilines is 1. The summed E-state index contributed by atoms with van der Waals surface area (Å²) in [5, 5.41) is 14.8. The molecule has 0 fully saturated rings. The van der Waals surface area contributed by atoms with Crippen molar-refractivity contribution < 1.29 is 9.63 Å². The number of rotatable bonds is 3. The average Bonchev–Trinajstić information content (AvgIpc) is 2.70. The van der Waals surface area contributed by atoms with Gasteiger partial charge in [-0.25, -0.2) is 0 Å². The van der Waals surface area contributed by atoms with Crippen LogP contribution in [-0.4, -0.2) is 10.3 Å². The molecule has 3 N–H and O–H groups in total. The first kappa shape index (κ1) is 11.0. The minimum Gasteiger partial charge on any atom is -0.385 e. The second-order valence-electron chi connectivity index (χ2n) is 4.02. The summed E-state index contributed by atoms with van der Waals surface area (Å²) in [5.74, 6) is 0.367. The van der Waals surface area contributed by atoms with Gasteiger partial charge >= 0.3 is 0 Å². The third-order valence-corrected chi connectivity index (χ3v) is 3.20. The fraction of sp³-hybridized carbons (Fsp3) is 0.417. The maximum absolute atomic E-state index is 10.4. The van der Waals surface area contributed by atoms with Crippen LogP contribution in [0.1, 0.15) is 32.3 Å². The molecule has 86 valence electrons. The first-order valence-electron chi connectivity index (χ1n) is 5.48. The molecule has 0 atom stereocenters. The van der Waals surface area contributed by atoms with Crippen molar-refractivity contribution in [1.29, 1.82) is 0 Å². The topological polar surface area (TPSA) is 72.3 Å². The molecule has 0 aliphatic rings. The van der Waals surface area contributed by atoms with Crippen molar-refractivity contribution in [2.45, 2.75) is 32.3 Å². The van der Waals surface area contributed by atoms with E-state index in [0.717, 1.165) is 10.9 Å². The zero-order valence-corrected chi connectivity index (χ0v) is 9.53. The van der Waals surface area contributed by atoms with Gasteiger partial charge in [0.1, 0.15) is 0 Å². The van der Waals surface area contributed by atoms with Crippen molar-refractivity contribution in [3.63, 3.8) is 0 Å². The number of aromatic nitrogens is 1. The lowest BCUT2D eigenvalue weighted by atomic mass is 9.88. The van der Waals surface area contributed by atoms with E-state index < -0.39 is 5.60 Å². The standard InChI is InChI=1S/C12H16N2O2/c1-3-12(15,4-2)8-5-6-10-9(7-8)11(13)14-16-10/h5-7,15H,3-4H2,1-2H3,(H2,13,14). The van der Waals surface area contributed by atoms with E-state index in [1.54, 1.807) is 6.07 Å².